The van der Waals surface area contributed by atoms with Crippen molar-refractivity contribution in [3.8, 4) is 0 Å². The van der Waals surface area contributed by atoms with Crippen molar-refractivity contribution in [3.63, 3.8) is 0 Å². The predicted octanol–water partition coefficient (Wildman–Crippen LogP) is 2.52. The highest BCUT2D eigenvalue weighted by Gasteiger charge is 2.17. The Morgan fingerprint density at radius 3 is 2.00 bits per heavy atom. The Balaban J connectivity index is 3.88. The van der Waals surface area contributed by atoms with Gasteiger partial charge in [-0.25, -0.2) is 0 Å². The number of hydrogen-bond donors (Lipinski definition) is 0. The van der Waals surface area contributed by atoms with E-state index in [4.69, 9.17) is 20.8 Å². The molecule has 0 spiro atoms. The van der Waals surface area contributed by atoms with Crippen LogP contribution in [0.2, 0.25) is 19.6 Å². The Labute approximate surface area is 67.9 Å². The maximum Gasteiger partial charge on any atom is 0.276 e. The van der Waals surface area contributed by atoms with Crippen LogP contribution in [0, 0.1) is 0 Å². The molecule has 2 nitrogen and oxygen atoms in total. The Hall–Kier alpha value is -0.153. The summed E-state index contributed by atoms with van der Waals surface area (Å²) in [7, 11) is -0.00390. The first-order valence-corrected chi connectivity index (χ1v) is 6.87. The molecule has 0 N–H and O–H groups in total. The zero-order valence-electron chi connectivity index (χ0n) is 6.77. The molecule has 0 aromatic carbocycles. The van der Waals surface area contributed by atoms with Crippen molar-refractivity contribution in [2.45, 2.75) is 19.6 Å². The fourth-order valence-corrected chi connectivity index (χ4v) is 1.36. The zero-order valence-corrected chi connectivity index (χ0v) is 8.53. The van der Waals surface area contributed by atoms with Crippen LogP contribution in [0.5, 0.6) is 0 Å². The van der Waals surface area contributed by atoms with Crippen LogP contribution in [0.1, 0.15) is 0 Å². The van der Waals surface area contributed by atoms with E-state index in [0.717, 1.165) is 0 Å². The predicted molar refractivity (Wildman–Crippen MR) is 45.4 cm³/mol. The van der Waals surface area contributed by atoms with Gasteiger partial charge in [0.2, 0.25) is 8.32 Å². The minimum atomic E-state index is -1.54. The fourth-order valence-electron chi connectivity index (χ4n) is 0.410. The van der Waals surface area contributed by atoms with Gasteiger partial charge in [-0.2, -0.15) is 0 Å². The molecule has 0 aromatic rings. The van der Waals surface area contributed by atoms with Crippen LogP contribution in [0.25, 0.3) is 0 Å². The van der Waals surface area contributed by atoms with E-state index in [1.54, 1.807) is 0 Å². The van der Waals surface area contributed by atoms with Gasteiger partial charge in [-0.3, -0.25) is 0 Å². The van der Waals surface area contributed by atoms with Gasteiger partial charge < -0.3 is 9.16 Å². The van der Waals surface area contributed by atoms with E-state index < -0.39 is 8.32 Å². The third-order valence-corrected chi connectivity index (χ3v) is 1.69. The fraction of sp³-hybridized carbons (Fsp3) is 0.667. The van der Waals surface area contributed by atoms with Crippen LogP contribution in [0.15, 0.2) is 11.5 Å². The van der Waals surface area contributed by atoms with Gasteiger partial charge in [0.25, 0.3) is 5.95 Å². The van der Waals surface area contributed by atoms with Gasteiger partial charge in [0.05, 0.1) is 12.6 Å². The van der Waals surface area contributed by atoms with Crippen LogP contribution in [-0.4, -0.2) is 15.4 Å². The summed E-state index contributed by atoms with van der Waals surface area (Å²) in [5, 5.41) is 0. The third kappa shape index (κ3) is 4.70. The molecule has 0 rings (SSSR count). The molecule has 0 aliphatic heterocycles. The molecular weight excluding hydrogens is 168 g/mol. The van der Waals surface area contributed by atoms with Crippen molar-refractivity contribution in [1.29, 1.82) is 0 Å². The lowest BCUT2D eigenvalue weighted by Crippen LogP contribution is -2.25. The number of hydrogen-bond acceptors (Lipinski definition) is 2. The Kier molecular flexibility index (Phi) is 3.82. The summed E-state index contributed by atoms with van der Waals surface area (Å²) in [5.74, 6) is 0.404. The van der Waals surface area contributed by atoms with Crippen LogP contribution in [-0.2, 0) is 9.16 Å². The minimum absolute atomic E-state index is 0.404. The van der Waals surface area contributed by atoms with E-state index in [1.807, 2.05) is 0 Å². The second-order valence-corrected chi connectivity index (χ2v) is 7.49. The number of rotatable bonds is 3. The normalized spacial score (nSPS) is 13.1. The molecule has 0 fully saturated rings. The molecule has 0 aliphatic rings. The highest BCUT2D eigenvalue weighted by atomic mass is 35.5. The van der Waals surface area contributed by atoms with Crippen LogP contribution < -0.4 is 0 Å². The van der Waals surface area contributed by atoms with Gasteiger partial charge in [-0.15, -0.1) is 0 Å². The van der Waals surface area contributed by atoms with E-state index in [0.29, 0.717) is 5.95 Å². The molecule has 60 valence electrons. The van der Waals surface area contributed by atoms with Gasteiger partial charge in [0, 0.05) is 0 Å². The Morgan fingerprint density at radius 1 is 1.40 bits per heavy atom. The maximum absolute atomic E-state index is 5.38. The van der Waals surface area contributed by atoms with Crippen molar-refractivity contribution in [3.05, 3.63) is 11.5 Å². The quantitative estimate of drug-likeness (QED) is 0.491. The summed E-state index contributed by atoms with van der Waals surface area (Å²) in [6.07, 6.45) is 0. The van der Waals surface area contributed by atoms with E-state index in [-0.39, 0.29) is 0 Å². The van der Waals surface area contributed by atoms with Crippen molar-refractivity contribution in [1.82, 2.24) is 0 Å². The summed E-state index contributed by atoms with van der Waals surface area (Å²) in [4.78, 5) is 0. The SMILES string of the molecule is CO/C(=C/Cl)O[Si](C)(C)C. The molecule has 0 heterocycles. The lowest BCUT2D eigenvalue weighted by atomic mass is 11.0. The summed E-state index contributed by atoms with van der Waals surface area (Å²) in [6.45, 7) is 6.19. The first kappa shape index (κ1) is 9.85. The first-order valence-electron chi connectivity index (χ1n) is 3.03. The molecule has 0 amide bonds. The molecular formula is C6H13ClO2Si. The maximum atomic E-state index is 5.38. The van der Waals surface area contributed by atoms with Crippen LogP contribution >= 0.6 is 11.6 Å². The molecule has 10 heavy (non-hydrogen) atoms. The first-order chi connectivity index (χ1) is 4.49. The van der Waals surface area contributed by atoms with Crippen molar-refractivity contribution in [2.24, 2.45) is 0 Å². The molecule has 0 unspecified atom stereocenters. The van der Waals surface area contributed by atoms with E-state index >= 15 is 0 Å². The molecule has 0 bridgehead atoms. The zero-order chi connectivity index (χ0) is 8.20. The number of ether oxygens (including phenoxy) is 1. The standard InChI is InChI=1S/C6H13ClO2Si/c1-8-6(5-7)9-10(2,3)4/h5H,1-4H3/b6-5-. The van der Waals surface area contributed by atoms with E-state index in [9.17, 15) is 0 Å². The molecule has 0 aliphatic carbocycles. The molecule has 0 saturated carbocycles. The molecule has 0 radical (unpaired) electrons. The van der Waals surface area contributed by atoms with E-state index in [2.05, 4.69) is 19.6 Å². The van der Waals surface area contributed by atoms with E-state index in [1.165, 1.54) is 12.6 Å². The minimum Gasteiger partial charge on any atom is -0.519 e. The summed E-state index contributed by atoms with van der Waals surface area (Å²) < 4.78 is 10.2. The lowest BCUT2D eigenvalue weighted by Gasteiger charge is -2.19. The van der Waals surface area contributed by atoms with Gasteiger partial charge in [0.1, 0.15) is 0 Å². The number of halogens is 1. The van der Waals surface area contributed by atoms with Crippen molar-refractivity contribution < 1.29 is 9.16 Å². The Morgan fingerprint density at radius 2 is 1.90 bits per heavy atom. The van der Waals surface area contributed by atoms with Crippen LogP contribution in [0.4, 0.5) is 0 Å². The monoisotopic (exact) mass is 180 g/mol. The van der Waals surface area contributed by atoms with Gasteiger partial charge >= 0.3 is 0 Å². The molecule has 0 atom stereocenters. The molecule has 0 aromatic heterocycles. The van der Waals surface area contributed by atoms with Gasteiger partial charge in [-0.1, -0.05) is 11.6 Å². The summed E-state index contributed by atoms with van der Waals surface area (Å²) in [6, 6.07) is 0. The smallest absolute Gasteiger partial charge is 0.276 e. The number of methoxy groups -OCH3 is 1. The molecule has 4 heteroatoms. The average molecular weight is 181 g/mol. The average Bonchev–Trinajstić information content (AvgIpc) is 1.81. The Bertz CT molecular complexity index is 128. The van der Waals surface area contributed by atoms with Crippen molar-refractivity contribution in [2.75, 3.05) is 7.11 Å². The van der Waals surface area contributed by atoms with Crippen LogP contribution in [0.3, 0.4) is 0 Å². The largest absolute Gasteiger partial charge is 0.519 e. The third-order valence-electron chi connectivity index (χ3n) is 0.697. The van der Waals surface area contributed by atoms with Gasteiger partial charge in [0.15, 0.2) is 0 Å². The summed E-state index contributed by atoms with van der Waals surface area (Å²) >= 11 is 5.38. The summed E-state index contributed by atoms with van der Waals surface area (Å²) in [5.41, 5.74) is 1.30. The van der Waals surface area contributed by atoms with Crippen molar-refractivity contribution >= 4 is 19.9 Å². The second kappa shape index (κ2) is 3.88. The highest BCUT2D eigenvalue weighted by molar-refractivity contribution is 6.70. The topological polar surface area (TPSA) is 18.5 Å². The second-order valence-electron chi connectivity index (χ2n) is 2.85. The van der Waals surface area contributed by atoms with Gasteiger partial charge in [-0.05, 0) is 19.6 Å². The molecule has 0 saturated heterocycles. The highest BCUT2D eigenvalue weighted by Crippen LogP contribution is 2.10. The lowest BCUT2D eigenvalue weighted by molar-refractivity contribution is 0.148.